The predicted octanol–water partition coefficient (Wildman–Crippen LogP) is 2.88. The number of imidazole rings is 1. The highest BCUT2D eigenvalue weighted by Crippen LogP contribution is 2.26. The number of rotatable bonds is 3. The summed E-state index contributed by atoms with van der Waals surface area (Å²) >= 11 is 0. The Hall–Kier alpha value is -2.62. The highest BCUT2D eigenvalue weighted by molar-refractivity contribution is 5.72. The van der Waals surface area contributed by atoms with E-state index in [-0.39, 0.29) is 0 Å². The highest BCUT2D eigenvalue weighted by Gasteiger charge is 2.12. The number of pyridine rings is 1. The van der Waals surface area contributed by atoms with Crippen LogP contribution in [0.25, 0.3) is 11.3 Å². The summed E-state index contributed by atoms with van der Waals surface area (Å²) in [6.07, 6.45) is 5.36. The van der Waals surface area contributed by atoms with Gasteiger partial charge in [0.1, 0.15) is 11.5 Å². The van der Waals surface area contributed by atoms with Crippen LogP contribution < -0.4 is 5.73 Å². The first-order valence-electron chi connectivity index (χ1n) is 6.51. The molecule has 0 aliphatic carbocycles. The topological polar surface area (TPSA) is 56.7 Å². The van der Waals surface area contributed by atoms with Crippen LogP contribution in [0.5, 0.6) is 0 Å². The second-order valence-electron chi connectivity index (χ2n) is 4.78. The first kappa shape index (κ1) is 12.4. The summed E-state index contributed by atoms with van der Waals surface area (Å²) in [5.41, 5.74) is 10.3. The third-order valence-corrected chi connectivity index (χ3v) is 3.37. The van der Waals surface area contributed by atoms with Gasteiger partial charge < -0.3 is 10.3 Å². The molecule has 4 nitrogen and oxygen atoms in total. The van der Waals surface area contributed by atoms with Crippen molar-refractivity contribution < 1.29 is 0 Å². The Morgan fingerprint density at radius 2 is 1.95 bits per heavy atom. The molecular formula is C16H16N4. The molecule has 0 aliphatic heterocycles. The number of anilines is 1. The van der Waals surface area contributed by atoms with Crippen LogP contribution in [0.3, 0.4) is 0 Å². The van der Waals surface area contributed by atoms with Crippen molar-refractivity contribution in [3.8, 4) is 11.3 Å². The Bertz CT molecular complexity index is 716. The van der Waals surface area contributed by atoms with E-state index in [0.717, 1.165) is 23.4 Å². The number of hydrogen-bond acceptors (Lipinski definition) is 3. The zero-order valence-electron chi connectivity index (χ0n) is 11.3. The second kappa shape index (κ2) is 5.17. The average Bonchev–Trinajstić information content (AvgIpc) is 2.82. The molecule has 0 saturated carbocycles. The summed E-state index contributed by atoms with van der Waals surface area (Å²) in [6, 6.07) is 12.2. The van der Waals surface area contributed by atoms with E-state index in [1.165, 1.54) is 5.56 Å². The van der Waals surface area contributed by atoms with Gasteiger partial charge in [0, 0.05) is 18.0 Å². The minimum absolute atomic E-state index is 0.671. The fraction of sp³-hybridized carbons (Fsp3) is 0.125. The maximum absolute atomic E-state index is 6.22. The average molecular weight is 264 g/mol. The smallest absolute Gasteiger partial charge is 0.131 e. The summed E-state index contributed by atoms with van der Waals surface area (Å²) in [6.45, 7) is 2.76. The Morgan fingerprint density at radius 3 is 2.70 bits per heavy atom. The van der Waals surface area contributed by atoms with Crippen molar-refractivity contribution in [3.63, 3.8) is 0 Å². The number of benzene rings is 1. The van der Waals surface area contributed by atoms with Crippen LogP contribution in [-0.2, 0) is 6.54 Å². The normalized spacial score (nSPS) is 10.7. The zero-order valence-corrected chi connectivity index (χ0v) is 11.3. The molecule has 2 aromatic heterocycles. The van der Waals surface area contributed by atoms with Gasteiger partial charge in [0.2, 0.25) is 0 Å². The molecule has 0 unspecified atom stereocenters. The van der Waals surface area contributed by atoms with E-state index in [1.54, 1.807) is 18.7 Å². The molecule has 3 rings (SSSR count). The van der Waals surface area contributed by atoms with E-state index < -0.39 is 0 Å². The molecule has 0 aliphatic rings. The number of nitrogens with two attached hydrogens (primary N) is 1. The predicted molar refractivity (Wildman–Crippen MR) is 80.2 cm³/mol. The van der Waals surface area contributed by atoms with Gasteiger partial charge in [-0.05, 0) is 24.1 Å². The van der Waals surface area contributed by atoms with E-state index in [9.17, 15) is 0 Å². The molecule has 20 heavy (non-hydrogen) atoms. The van der Waals surface area contributed by atoms with Gasteiger partial charge in [0.15, 0.2) is 0 Å². The van der Waals surface area contributed by atoms with Gasteiger partial charge >= 0.3 is 0 Å². The molecule has 2 heterocycles. The van der Waals surface area contributed by atoms with E-state index in [1.807, 2.05) is 35.8 Å². The van der Waals surface area contributed by atoms with Gasteiger partial charge in [-0.3, -0.25) is 4.98 Å². The van der Waals surface area contributed by atoms with Crippen LogP contribution in [0.4, 0.5) is 5.82 Å². The Kier molecular flexibility index (Phi) is 3.21. The standard InChI is InChI=1S/C16H16N4/c1-12-7-8-18-9-14(12)15-16(17)20(11-19-15)10-13-5-3-2-4-6-13/h2-9,11H,10,17H2,1H3. The fourth-order valence-corrected chi connectivity index (χ4v) is 2.22. The molecule has 0 spiro atoms. The molecule has 4 heteroatoms. The van der Waals surface area contributed by atoms with Crippen LogP contribution in [-0.4, -0.2) is 14.5 Å². The lowest BCUT2D eigenvalue weighted by Gasteiger charge is -2.07. The van der Waals surface area contributed by atoms with Crippen LogP contribution in [0, 0.1) is 6.92 Å². The third-order valence-electron chi connectivity index (χ3n) is 3.37. The summed E-state index contributed by atoms with van der Waals surface area (Å²) < 4.78 is 1.96. The lowest BCUT2D eigenvalue weighted by molar-refractivity contribution is 0.808. The number of aryl methyl sites for hydroxylation is 1. The molecular weight excluding hydrogens is 248 g/mol. The molecule has 0 fully saturated rings. The Labute approximate surface area is 117 Å². The number of hydrogen-bond donors (Lipinski definition) is 1. The highest BCUT2D eigenvalue weighted by atomic mass is 15.1. The van der Waals surface area contributed by atoms with Crippen molar-refractivity contribution in [1.82, 2.24) is 14.5 Å². The molecule has 3 aromatic rings. The van der Waals surface area contributed by atoms with Gasteiger partial charge in [-0.2, -0.15) is 0 Å². The van der Waals surface area contributed by atoms with Gasteiger partial charge in [0.05, 0.1) is 12.9 Å². The summed E-state index contributed by atoms with van der Waals surface area (Å²) in [7, 11) is 0. The second-order valence-corrected chi connectivity index (χ2v) is 4.78. The Balaban J connectivity index is 1.95. The molecule has 100 valence electrons. The SMILES string of the molecule is Cc1ccncc1-c1ncn(Cc2ccccc2)c1N. The van der Waals surface area contributed by atoms with Crippen LogP contribution in [0.15, 0.2) is 55.1 Å². The molecule has 0 atom stereocenters. The van der Waals surface area contributed by atoms with Gasteiger partial charge in [-0.15, -0.1) is 0 Å². The van der Waals surface area contributed by atoms with Gasteiger partial charge in [-0.25, -0.2) is 4.98 Å². The molecule has 0 bridgehead atoms. The van der Waals surface area contributed by atoms with Crippen molar-refractivity contribution in [2.24, 2.45) is 0 Å². The van der Waals surface area contributed by atoms with Crippen LogP contribution >= 0.6 is 0 Å². The summed E-state index contributed by atoms with van der Waals surface area (Å²) in [5.74, 6) is 0.671. The van der Waals surface area contributed by atoms with Crippen molar-refractivity contribution in [2.75, 3.05) is 5.73 Å². The minimum Gasteiger partial charge on any atom is -0.383 e. The molecule has 0 saturated heterocycles. The molecule has 2 N–H and O–H groups in total. The number of nitrogen functional groups attached to an aromatic ring is 1. The maximum atomic E-state index is 6.22. The van der Waals surface area contributed by atoms with Crippen molar-refractivity contribution >= 4 is 5.82 Å². The quantitative estimate of drug-likeness (QED) is 0.791. The minimum atomic E-state index is 0.671. The molecule has 0 radical (unpaired) electrons. The lowest BCUT2D eigenvalue weighted by atomic mass is 10.1. The molecule has 1 aromatic carbocycles. The summed E-state index contributed by atoms with van der Waals surface area (Å²) in [5, 5.41) is 0. The van der Waals surface area contributed by atoms with Crippen LogP contribution in [0.2, 0.25) is 0 Å². The lowest BCUT2D eigenvalue weighted by Crippen LogP contribution is -2.03. The monoisotopic (exact) mass is 264 g/mol. The van der Waals surface area contributed by atoms with Crippen molar-refractivity contribution in [2.45, 2.75) is 13.5 Å². The largest absolute Gasteiger partial charge is 0.383 e. The van der Waals surface area contributed by atoms with E-state index in [0.29, 0.717) is 5.82 Å². The zero-order chi connectivity index (χ0) is 13.9. The van der Waals surface area contributed by atoms with Crippen LogP contribution in [0.1, 0.15) is 11.1 Å². The molecule has 0 amide bonds. The summed E-state index contributed by atoms with van der Waals surface area (Å²) in [4.78, 5) is 8.59. The van der Waals surface area contributed by atoms with E-state index in [2.05, 4.69) is 22.1 Å². The number of nitrogens with zero attached hydrogens (tertiary/aromatic N) is 3. The number of aromatic nitrogens is 3. The maximum Gasteiger partial charge on any atom is 0.131 e. The third kappa shape index (κ3) is 2.28. The fourth-order valence-electron chi connectivity index (χ4n) is 2.22. The van der Waals surface area contributed by atoms with E-state index >= 15 is 0 Å². The van der Waals surface area contributed by atoms with Crippen molar-refractivity contribution in [3.05, 3.63) is 66.2 Å². The van der Waals surface area contributed by atoms with Gasteiger partial charge in [-0.1, -0.05) is 30.3 Å². The van der Waals surface area contributed by atoms with Gasteiger partial charge in [0.25, 0.3) is 0 Å². The van der Waals surface area contributed by atoms with Crippen molar-refractivity contribution in [1.29, 1.82) is 0 Å². The Morgan fingerprint density at radius 1 is 1.15 bits per heavy atom. The first-order valence-corrected chi connectivity index (χ1v) is 6.51. The van der Waals surface area contributed by atoms with E-state index in [4.69, 9.17) is 5.73 Å². The first-order chi connectivity index (χ1) is 9.75.